The minimum atomic E-state index is -0.545. The molecular weight excluding hydrogens is 205 g/mol. The summed E-state index contributed by atoms with van der Waals surface area (Å²) >= 11 is 0. The van der Waals surface area contributed by atoms with Crippen LogP contribution in [0.2, 0.25) is 0 Å². The predicted octanol–water partition coefficient (Wildman–Crippen LogP) is 2.81. The van der Waals surface area contributed by atoms with E-state index in [2.05, 4.69) is 12.2 Å². The van der Waals surface area contributed by atoms with Crippen LogP contribution in [0, 0.1) is 11.2 Å². The van der Waals surface area contributed by atoms with Gasteiger partial charge in [-0.3, -0.25) is 0 Å². The number of para-hydroxylation sites is 1. The lowest BCUT2D eigenvalue weighted by molar-refractivity contribution is 0.412. The lowest BCUT2D eigenvalue weighted by Crippen LogP contribution is -2.23. The van der Waals surface area contributed by atoms with Gasteiger partial charge in [0.25, 0.3) is 0 Å². The van der Waals surface area contributed by atoms with Crippen molar-refractivity contribution in [1.82, 2.24) is 5.32 Å². The SMILES string of the molecule is CCC1(CNCc2cccc(F)c2O)CC1. The topological polar surface area (TPSA) is 32.3 Å². The second-order valence-electron chi connectivity index (χ2n) is 4.70. The molecule has 1 saturated carbocycles. The Kier molecular flexibility index (Phi) is 3.15. The summed E-state index contributed by atoms with van der Waals surface area (Å²) in [5.41, 5.74) is 1.11. The van der Waals surface area contributed by atoms with Crippen molar-refractivity contribution in [2.45, 2.75) is 32.7 Å². The Morgan fingerprint density at radius 1 is 1.44 bits per heavy atom. The van der Waals surface area contributed by atoms with E-state index in [4.69, 9.17) is 0 Å². The molecule has 88 valence electrons. The van der Waals surface area contributed by atoms with E-state index in [0.717, 1.165) is 6.54 Å². The number of aromatic hydroxyl groups is 1. The quantitative estimate of drug-likeness (QED) is 0.804. The first-order chi connectivity index (χ1) is 7.67. The van der Waals surface area contributed by atoms with Crippen molar-refractivity contribution in [3.63, 3.8) is 0 Å². The van der Waals surface area contributed by atoms with E-state index in [0.29, 0.717) is 17.5 Å². The van der Waals surface area contributed by atoms with Gasteiger partial charge < -0.3 is 10.4 Å². The molecule has 16 heavy (non-hydrogen) atoms. The molecule has 0 aliphatic heterocycles. The molecule has 0 spiro atoms. The first-order valence-corrected chi connectivity index (χ1v) is 5.84. The maximum absolute atomic E-state index is 13.0. The van der Waals surface area contributed by atoms with Crippen molar-refractivity contribution < 1.29 is 9.50 Å². The third kappa shape index (κ3) is 2.35. The van der Waals surface area contributed by atoms with Gasteiger partial charge in [0.1, 0.15) is 0 Å². The minimum absolute atomic E-state index is 0.226. The van der Waals surface area contributed by atoms with Gasteiger partial charge in [-0.2, -0.15) is 0 Å². The Balaban J connectivity index is 1.88. The van der Waals surface area contributed by atoms with E-state index < -0.39 is 5.82 Å². The maximum Gasteiger partial charge on any atom is 0.165 e. The Labute approximate surface area is 95.5 Å². The van der Waals surface area contributed by atoms with Gasteiger partial charge in [-0.25, -0.2) is 4.39 Å². The fraction of sp³-hybridized carbons (Fsp3) is 0.538. The fourth-order valence-corrected chi connectivity index (χ4v) is 2.00. The van der Waals surface area contributed by atoms with E-state index in [-0.39, 0.29) is 5.75 Å². The molecule has 2 nitrogen and oxygen atoms in total. The zero-order valence-corrected chi connectivity index (χ0v) is 9.59. The number of hydrogen-bond acceptors (Lipinski definition) is 2. The van der Waals surface area contributed by atoms with Crippen LogP contribution in [0.1, 0.15) is 31.7 Å². The number of phenolic OH excluding ortho intramolecular Hbond substituents is 1. The van der Waals surface area contributed by atoms with E-state index in [1.807, 2.05) is 0 Å². The first-order valence-electron chi connectivity index (χ1n) is 5.84. The fourth-order valence-electron chi connectivity index (χ4n) is 2.00. The molecule has 1 aromatic carbocycles. The average Bonchev–Trinajstić information content (AvgIpc) is 3.05. The molecule has 1 aromatic rings. The number of halogens is 1. The van der Waals surface area contributed by atoms with Gasteiger partial charge in [-0.1, -0.05) is 19.1 Å². The Bertz CT molecular complexity index is 374. The Hall–Kier alpha value is -1.09. The Morgan fingerprint density at radius 2 is 2.19 bits per heavy atom. The van der Waals surface area contributed by atoms with E-state index in [1.165, 1.54) is 25.3 Å². The number of benzene rings is 1. The lowest BCUT2D eigenvalue weighted by Gasteiger charge is -2.13. The maximum atomic E-state index is 13.0. The smallest absolute Gasteiger partial charge is 0.165 e. The van der Waals surface area contributed by atoms with Crippen LogP contribution in [-0.4, -0.2) is 11.7 Å². The molecule has 1 fully saturated rings. The summed E-state index contributed by atoms with van der Waals surface area (Å²) in [6.07, 6.45) is 3.76. The highest BCUT2D eigenvalue weighted by Gasteiger charge is 2.39. The van der Waals surface area contributed by atoms with Gasteiger partial charge in [0.15, 0.2) is 11.6 Å². The van der Waals surface area contributed by atoms with Gasteiger partial charge in [0, 0.05) is 18.7 Å². The number of nitrogens with one attached hydrogen (secondary N) is 1. The summed E-state index contributed by atoms with van der Waals surface area (Å²) in [5, 5.41) is 12.8. The minimum Gasteiger partial charge on any atom is -0.505 e. The number of rotatable bonds is 5. The summed E-state index contributed by atoms with van der Waals surface area (Å²) in [6, 6.07) is 4.64. The average molecular weight is 223 g/mol. The second kappa shape index (κ2) is 4.42. The van der Waals surface area contributed by atoms with Crippen molar-refractivity contribution in [3.8, 4) is 5.75 Å². The first kappa shape index (κ1) is 11.4. The van der Waals surface area contributed by atoms with Gasteiger partial charge >= 0.3 is 0 Å². The van der Waals surface area contributed by atoms with Crippen LogP contribution >= 0.6 is 0 Å². The van der Waals surface area contributed by atoms with Crippen LogP contribution in [0.15, 0.2) is 18.2 Å². The molecule has 0 aromatic heterocycles. The van der Waals surface area contributed by atoms with E-state index in [1.54, 1.807) is 12.1 Å². The standard InChI is InChI=1S/C13H18FNO/c1-2-13(6-7-13)9-15-8-10-4-3-5-11(14)12(10)16/h3-5,15-16H,2,6-9H2,1H3. The van der Waals surface area contributed by atoms with Crippen LogP contribution < -0.4 is 5.32 Å². The Morgan fingerprint density at radius 3 is 2.81 bits per heavy atom. The predicted molar refractivity (Wildman–Crippen MR) is 61.7 cm³/mol. The summed E-state index contributed by atoms with van der Waals surface area (Å²) in [7, 11) is 0. The van der Waals surface area contributed by atoms with Crippen LogP contribution in [0.5, 0.6) is 5.75 Å². The normalized spacial score (nSPS) is 17.4. The van der Waals surface area contributed by atoms with Gasteiger partial charge in [0.2, 0.25) is 0 Å². The third-order valence-electron chi connectivity index (χ3n) is 3.59. The summed E-state index contributed by atoms with van der Waals surface area (Å²) in [5.74, 6) is -0.771. The largest absolute Gasteiger partial charge is 0.505 e. The molecule has 0 unspecified atom stereocenters. The number of phenols is 1. The molecule has 0 heterocycles. The van der Waals surface area contributed by atoms with Gasteiger partial charge in [-0.15, -0.1) is 0 Å². The summed E-state index contributed by atoms with van der Waals surface area (Å²) in [6.45, 7) is 3.69. The highest BCUT2D eigenvalue weighted by Crippen LogP contribution is 2.47. The van der Waals surface area contributed by atoms with Crippen LogP contribution in [0.4, 0.5) is 4.39 Å². The molecule has 3 heteroatoms. The molecule has 0 atom stereocenters. The molecule has 1 aliphatic carbocycles. The van der Waals surface area contributed by atoms with Crippen molar-refractivity contribution in [2.75, 3.05) is 6.54 Å². The second-order valence-corrected chi connectivity index (χ2v) is 4.70. The highest BCUT2D eigenvalue weighted by molar-refractivity contribution is 5.33. The van der Waals surface area contributed by atoms with Crippen molar-refractivity contribution in [1.29, 1.82) is 0 Å². The lowest BCUT2D eigenvalue weighted by atomic mass is 10.0. The molecule has 2 rings (SSSR count). The van der Waals surface area contributed by atoms with Crippen LogP contribution in [-0.2, 0) is 6.54 Å². The van der Waals surface area contributed by atoms with Gasteiger partial charge in [0.05, 0.1) is 0 Å². The van der Waals surface area contributed by atoms with Gasteiger partial charge in [-0.05, 0) is 30.7 Å². The molecule has 0 bridgehead atoms. The molecule has 0 amide bonds. The highest BCUT2D eigenvalue weighted by atomic mass is 19.1. The molecule has 0 saturated heterocycles. The zero-order valence-electron chi connectivity index (χ0n) is 9.59. The van der Waals surface area contributed by atoms with E-state index >= 15 is 0 Å². The van der Waals surface area contributed by atoms with Crippen LogP contribution in [0.25, 0.3) is 0 Å². The van der Waals surface area contributed by atoms with Crippen molar-refractivity contribution in [3.05, 3.63) is 29.6 Å². The summed E-state index contributed by atoms with van der Waals surface area (Å²) in [4.78, 5) is 0. The molecule has 1 aliphatic rings. The molecule has 2 N–H and O–H groups in total. The number of hydrogen-bond donors (Lipinski definition) is 2. The van der Waals surface area contributed by atoms with Crippen molar-refractivity contribution >= 4 is 0 Å². The molecule has 0 radical (unpaired) electrons. The van der Waals surface area contributed by atoms with Crippen LogP contribution in [0.3, 0.4) is 0 Å². The van der Waals surface area contributed by atoms with E-state index in [9.17, 15) is 9.50 Å². The molecular formula is C13H18FNO. The monoisotopic (exact) mass is 223 g/mol. The third-order valence-corrected chi connectivity index (χ3v) is 3.59. The van der Waals surface area contributed by atoms with Crippen molar-refractivity contribution in [2.24, 2.45) is 5.41 Å². The summed E-state index contributed by atoms with van der Waals surface area (Å²) < 4.78 is 13.0. The zero-order chi connectivity index (χ0) is 11.6.